The van der Waals surface area contributed by atoms with Crippen LogP contribution >= 0.6 is 0 Å². The van der Waals surface area contributed by atoms with Crippen LogP contribution in [-0.4, -0.2) is 5.98 Å². The molecule has 2 aliphatic rings. The number of halogens is 2. The predicted octanol–water partition coefficient (Wildman–Crippen LogP) is -0.772. The first-order chi connectivity index (χ1) is 11.3. The van der Waals surface area contributed by atoms with Crippen molar-refractivity contribution in [3.63, 3.8) is 0 Å². The van der Waals surface area contributed by atoms with E-state index in [1.54, 1.807) is 11.1 Å². The molecule has 127 valence electrons. The third kappa shape index (κ3) is 3.73. The van der Waals surface area contributed by atoms with Crippen LogP contribution in [-0.2, 0) is 20.6 Å². The third-order valence-corrected chi connectivity index (χ3v) is 35.5. The Morgan fingerprint density at radius 3 is 1.72 bits per heavy atom. The summed E-state index contributed by atoms with van der Waals surface area (Å²) >= 11 is -1.97. The maximum absolute atomic E-state index is 4.20. The molecular formula is C21H21Cl2HfSi. The van der Waals surface area contributed by atoms with E-state index >= 15 is 0 Å². The minimum atomic E-state index is -1.97. The van der Waals surface area contributed by atoms with Crippen LogP contribution in [0.5, 0.6) is 0 Å². The number of allylic oxidation sites excluding steroid dienone is 2. The first kappa shape index (κ1) is 20.6. The van der Waals surface area contributed by atoms with Crippen molar-refractivity contribution in [2.75, 3.05) is 0 Å². The molecular weight excluding hydrogens is 530 g/mol. The Morgan fingerprint density at radius 1 is 0.840 bits per heavy atom. The molecule has 0 aromatic heterocycles. The monoisotopic (exact) mass is 551 g/mol. The summed E-state index contributed by atoms with van der Waals surface area (Å²) in [6.45, 7) is 6.74. The average Bonchev–Trinajstić information content (AvgIpc) is 3.20. The van der Waals surface area contributed by atoms with Gasteiger partial charge in [0.15, 0.2) is 0 Å². The van der Waals surface area contributed by atoms with Gasteiger partial charge in [0.1, 0.15) is 0 Å². The van der Waals surface area contributed by atoms with E-state index in [0.29, 0.717) is 0 Å². The molecule has 0 bridgehead atoms. The van der Waals surface area contributed by atoms with Crippen molar-refractivity contribution in [2.45, 2.75) is 13.9 Å². The average molecular weight is 551 g/mol. The standard InChI is InChI=1S/2C9H7.C3H7Si.2ClH.Hf/c2*1-2-5-9-7-3-6-8(9)4-1;1-3-4-2;;;/h2*1-7H;3-4H,1H2,2H3;2*1H;/q;;;;;+2/p-2. The summed E-state index contributed by atoms with van der Waals surface area (Å²) in [7, 11) is 0. The Balaban J connectivity index is 0.00000113. The normalized spacial score (nSPS) is 20.0. The first-order valence-corrected chi connectivity index (χ1v) is 21.1. The van der Waals surface area contributed by atoms with E-state index in [1.807, 2.05) is 0 Å². The van der Waals surface area contributed by atoms with Crippen molar-refractivity contribution in [2.24, 2.45) is 0 Å². The van der Waals surface area contributed by atoms with Crippen molar-refractivity contribution >= 4 is 18.1 Å². The molecule has 4 heteroatoms. The quantitative estimate of drug-likeness (QED) is 0.439. The summed E-state index contributed by atoms with van der Waals surface area (Å²) in [6, 6.07) is 18.0. The van der Waals surface area contributed by atoms with Crippen molar-refractivity contribution in [3.8, 4) is 0 Å². The molecule has 3 atom stereocenters. The van der Waals surface area contributed by atoms with Crippen LogP contribution in [0.2, 0.25) is 6.55 Å². The second-order valence-corrected chi connectivity index (χ2v) is 31.8. The molecule has 2 aliphatic carbocycles. The van der Waals surface area contributed by atoms with Gasteiger partial charge in [-0.05, 0) is 0 Å². The van der Waals surface area contributed by atoms with Gasteiger partial charge in [-0.15, -0.1) is 0 Å². The molecule has 0 spiro atoms. The fraction of sp³-hybridized carbons (Fsp3) is 0.143. The van der Waals surface area contributed by atoms with Gasteiger partial charge in [0.05, 0.1) is 0 Å². The summed E-state index contributed by atoms with van der Waals surface area (Å²) in [4.78, 5) is 0. The summed E-state index contributed by atoms with van der Waals surface area (Å²) < 4.78 is 1.47. The zero-order valence-electron chi connectivity index (χ0n) is 14.2. The largest absolute Gasteiger partial charge is 1.00 e. The second kappa shape index (κ2) is 8.81. The van der Waals surface area contributed by atoms with Gasteiger partial charge in [0.25, 0.3) is 0 Å². The molecule has 0 N–H and O–H groups in total. The van der Waals surface area contributed by atoms with Crippen LogP contribution in [0, 0.1) is 0 Å². The SMILES string of the molecule is C=C[SiH](C)[Hf+2]([CH]1C=Cc2ccccc21)[CH]1C=Cc2ccccc21.[Cl-].[Cl-]. The van der Waals surface area contributed by atoms with Crippen molar-refractivity contribution < 1.29 is 45.4 Å². The van der Waals surface area contributed by atoms with Gasteiger partial charge in [-0.1, -0.05) is 0 Å². The van der Waals surface area contributed by atoms with Gasteiger partial charge >= 0.3 is 148 Å². The molecule has 0 fully saturated rings. The molecule has 25 heavy (non-hydrogen) atoms. The Hall–Kier alpha value is -0.673. The minimum Gasteiger partial charge on any atom is -1.00 e. The van der Waals surface area contributed by atoms with Gasteiger partial charge in [-0.25, -0.2) is 0 Å². The smallest absolute Gasteiger partial charge is 1.00 e. The Morgan fingerprint density at radius 2 is 1.28 bits per heavy atom. The zero-order chi connectivity index (χ0) is 15.8. The van der Waals surface area contributed by atoms with Crippen LogP contribution in [0.3, 0.4) is 0 Å². The van der Waals surface area contributed by atoms with E-state index in [9.17, 15) is 0 Å². The van der Waals surface area contributed by atoms with Gasteiger partial charge < -0.3 is 24.8 Å². The van der Waals surface area contributed by atoms with E-state index in [0.717, 1.165) is 7.35 Å². The maximum Gasteiger partial charge on any atom is -1.00 e. The third-order valence-electron chi connectivity index (χ3n) is 5.20. The summed E-state index contributed by atoms with van der Waals surface area (Å²) in [5, 5.41) is 0. The van der Waals surface area contributed by atoms with Gasteiger partial charge in [-0.2, -0.15) is 0 Å². The molecule has 4 rings (SSSR count). The number of hydrogen-bond donors (Lipinski definition) is 0. The fourth-order valence-corrected chi connectivity index (χ4v) is 33.4. The van der Waals surface area contributed by atoms with E-state index in [2.05, 4.69) is 91.7 Å². The van der Waals surface area contributed by atoms with Crippen molar-refractivity contribution in [3.05, 3.63) is 95.2 Å². The van der Waals surface area contributed by atoms with Crippen LogP contribution in [0.1, 0.15) is 29.6 Å². The number of benzene rings is 2. The Bertz CT molecular complexity index is 754. The van der Waals surface area contributed by atoms with Crippen molar-refractivity contribution in [1.29, 1.82) is 0 Å². The molecule has 2 aromatic carbocycles. The van der Waals surface area contributed by atoms with E-state index in [4.69, 9.17) is 0 Å². The first-order valence-electron chi connectivity index (χ1n) is 8.33. The van der Waals surface area contributed by atoms with Crippen LogP contribution in [0.4, 0.5) is 0 Å². The van der Waals surface area contributed by atoms with Gasteiger partial charge in [0.2, 0.25) is 0 Å². The summed E-state index contributed by atoms with van der Waals surface area (Å²) in [5.41, 5.74) is 8.43. The summed E-state index contributed by atoms with van der Waals surface area (Å²) in [5.74, 6) is -0.846. The van der Waals surface area contributed by atoms with E-state index in [1.165, 1.54) is 11.1 Å². The summed E-state index contributed by atoms with van der Waals surface area (Å²) in [6.07, 6.45) is 9.77. The molecule has 0 nitrogen and oxygen atoms in total. The number of fused-ring (bicyclic) bond motifs is 2. The van der Waals surface area contributed by atoms with Crippen molar-refractivity contribution in [1.82, 2.24) is 0 Å². The topological polar surface area (TPSA) is 0 Å². The number of hydrogen-bond acceptors (Lipinski definition) is 0. The molecule has 0 heterocycles. The Labute approximate surface area is 171 Å². The van der Waals surface area contributed by atoms with Crippen LogP contribution < -0.4 is 24.8 Å². The number of rotatable bonds is 4. The molecule has 0 saturated carbocycles. The van der Waals surface area contributed by atoms with Crippen LogP contribution in [0.15, 0.2) is 73.0 Å². The fourth-order valence-electron chi connectivity index (χ4n) is 3.98. The molecule has 0 aliphatic heterocycles. The van der Waals surface area contributed by atoms with Crippen LogP contribution in [0.25, 0.3) is 12.2 Å². The second-order valence-electron chi connectivity index (χ2n) is 6.46. The maximum atomic E-state index is 4.20. The van der Waals surface area contributed by atoms with E-state index in [-0.39, 0.29) is 24.8 Å². The molecule has 0 saturated heterocycles. The predicted molar refractivity (Wildman–Crippen MR) is 99.6 cm³/mol. The van der Waals surface area contributed by atoms with Gasteiger partial charge in [-0.3, -0.25) is 0 Å². The zero-order valence-corrected chi connectivity index (χ0v) is 20.5. The van der Waals surface area contributed by atoms with Gasteiger partial charge in [0, 0.05) is 0 Å². The molecule has 2 aromatic rings. The Kier molecular flexibility index (Phi) is 7.27. The molecule has 3 unspecified atom stereocenters. The molecule has 0 amide bonds. The minimum absolute atomic E-state index is 0. The molecule has 0 radical (unpaired) electrons. The van der Waals surface area contributed by atoms with E-state index < -0.39 is 26.6 Å².